The number of carbonyl (C=O) groups is 3. The number of carboxylic acid groups (broad SMARTS) is 1. The molecule has 2 radical (unpaired) electrons. The molecule has 0 aromatic heterocycles. The van der Waals surface area contributed by atoms with Crippen molar-refractivity contribution >= 4 is 43.0 Å². The van der Waals surface area contributed by atoms with E-state index in [9.17, 15) is 24.6 Å². The second-order valence-corrected chi connectivity index (χ2v) is 4.94. The molecule has 1 fully saturated rings. The SMILES string of the molecule is O=C([O-])CC1(O)CC(=O)[O][Pb][O]C1=O.[NH4+]. The van der Waals surface area contributed by atoms with Crippen molar-refractivity contribution < 1.29 is 30.0 Å². The fourth-order valence-corrected chi connectivity index (χ4v) is 2.76. The molecule has 5 N–H and O–H groups in total. The smallest absolute Gasteiger partial charge is 0.369 e. The Labute approximate surface area is 97.6 Å². The second kappa shape index (κ2) is 5.37. The van der Waals surface area contributed by atoms with E-state index in [-0.39, 0.29) is 6.15 Å². The predicted molar refractivity (Wildman–Crippen MR) is 43.1 cm³/mol. The quantitative estimate of drug-likeness (QED) is 0.466. The number of rotatable bonds is 2. The molecule has 0 amide bonds. The number of aliphatic hydroxyl groups is 1. The van der Waals surface area contributed by atoms with Gasteiger partial charge in [0, 0.05) is 0 Å². The fraction of sp³-hybridized carbons (Fsp3) is 0.500. The zero-order valence-corrected chi connectivity index (χ0v) is 11.7. The van der Waals surface area contributed by atoms with Gasteiger partial charge in [0.2, 0.25) is 0 Å². The molecule has 1 saturated heterocycles. The van der Waals surface area contributed by atoms with Gasteiger partial charge in [0.05, 0.1) is 0 Å². The molecule has 1 heterocycles. The van der Waals surface area contributed by atoms with E-state index in [2.05, 4.69) is 5.37 Å². The maximum atomic E-state index is 11.1. The van der Waals surface area contributed by atoms with Gasteiger partial charge in [-0.3, -0.25) is 0 Å². The Morgan fingerprint density at radius 3 is 2.67 bits per heavy atom. The molecular formula is C6H9NO7Pb. The van der Waals surface area contributed by atoms with E-state index in [0.29, 0.717) is 0 Å². The number of aliphatic carboxylic acids is 1. The summed E-state index contributed by atoms with van der Waals surface area (Å²) < 4.78 is 8.95. The first-order chi connectivity index (χ1) is 6.44. The summed E-state index contributed by atoms with van der Waals surface area (Å²) >= 11 is -2.27. The molecule has 0 saturated carbocycles. The Balaban J connectivity index is 0.00000196. The summed E-state index contributed by atoms with van der Waals surface area (Å²) in [6.45, 7) is 0. The van der Waals surface area contributed by atoms with Crippen molar-refractivity contribution in [2.45, 2.75) is 18.4 Å². The van der Waals surface area contributed by atoms with Crippen LogP contribution in [0.5, 0.6) is 0 Å². The third kappa shape index (κ3) is 3.71. The van der Waals surface area contributed by atoms with E-state index in [1.54, 1.807) is 0 Å². The molecule has 1 unspecified atom stereocenters. The fourth-order valence-electron chi connectivity index (χ4n) is 0.921. The number of hydrogen-bond donors (Lipinski definition) is 2. The van der Waals surface area contributed by atoms with E-state index in [1.165, 1.54) is 0 Å². The molecule has 1 aliphatic rings. The van der Waals surface area contributed by atoms with Gasteiger partial charge in [-0.2, -0.15) is 0 Å². The van der Waals surface area contributed by atoms with Gasteiger partial charge in [-0.1, -0.05) is 0 Å². The van der Waals surface area contributed by atoms with Crippen molar-refractivity contribution in [1.82, 2.24) is 6.15 Å². The van der Waals surface area contributed by atoms with Crippen LogP contribution in [-0.4, -0.2) is 53.8 Å². The Bertz CT molecular complexity index is 293. The van der Waals surface area contributed by atoms with E-state index in [0.717, 1.165) is 0 Å². The molecule has 9 heteroatoms. The molecular weight excluding hydrogens is 405 g/mol. The minimum atomic E-state index is -2.33. The molecule has 84 valence electrons. The van der Waals surface area contributed by atoms with Crippen LogP contribution in [0.1, 0.15) is 12.8 Å². The molecule has 15 heavy (non-hydrogen) atoms. The van der Waals surface area contributed by atoms with Crippen LogP contribution in [0.25, 0.3) is 0 Å². The summed E-state index contributed by atoms with van der Waals surface area (Å²) in [7, 11) is 0. The normalized spacial score (nSPS) is 25.7. The van der Waals surface area contributed by atoms with E-state index in [4.69, 9.17) is 0 Å². The van der Waals surface area contributed by atoms with Crippen molar-refractivity contribution in [2.75, 3.05) is 0 Å². The minimum absolute atomic E-state index is 0. The van der Waals surface area contributed by atoms with Crippen LogP contribution >= 0.6 is 0 Å². The van der Waals surface area contributed by atoms with Crippen LogP contribution in [0.3, 0.4) is 0 Å². The first-order valence-electron chi connectivity index (χ1n) is 3.52. The van der Waals surface area contributed by atoms with Crippen LogP contribution in [0.2, 0.25) is 0 Å². The zero-order valence-electron chi connectivity index (χ0n) is 7.81. The molecule has 0 aliphatic carbocycles. The topological polar surface area (TPSA) is 149 Å². The van der Waals surface area contributed by atoms with E-state index in [1.807, 2.05) is 0 Å². The van der Waals surface area contributed by atoms with Gasteiger partial charge in [-0.05, 0) is 0 Å². The van der Waals surface area contributed by atoms with Gasteiger partial charge in [-0.15, -0.1) is 0 Å². The van der Waals surface area contributed by atoms with Crippen LogP contribution in [0.4, 0.5) is 0 Å². The summed E-state index contributed by atoms with van der Waals surface area (Å²) in [5.41, 5.74) is -2.33. The van der Waals surface area contributed by atoms with E-state index >= 15 is 0 Å². The molecule has 1 rings (SSSR count). The number of hydrogen-bond acceptors (Lipinski definition) is 7. The third-order valence-electron chi connectivity index (χ3n) is 1.54. The largest absolute Gasteiger partial charge is 0.369 e. The maximum absolute atomic E-state index is 11.1. The predicted octanol–water partition coefficient (Wildman–Crippen LogP) is -2.74. The standard InChI is InChI=1S/C6H8O7.H3N.Pb/c7-3(8)1-6(13,5(11)12)2-4(9)10;;/h13H,1-2H2,(H,7,8)(H,9,10)(H,11,12);1H3;/q;;+2/p-2. The van der Waals surface area contributed by atoms with Crippen LogP contribution in [0, 0.1) is 0 Å². The molecule has 1 atom stereocenters. The summed E-state index contributed by atoms with van der Waals surface area (Å²) in [5.74, 6) is -3.56. The molecule has 0 aromatic rings. The van der Waals surface area contributed by atoms with Crippen LogP contribution in [-0.2, 0) is 19.8 Å². The van der Waals surface area contributed by atoms with Crippen molar-refractivity contribution in [3.63, 3.8) is 0 Å². The third-order valence-corrected chi connectivity index (χ3v) is 3.80. The Morgan fingerprint density at radius 2 is 2.13 bits per heavy atom. The maximum Gasteiger partial charge on any atom is -0.369 e. The van der Waals surface area contributed by atoms with E-state index < -0.39 is 61.5 Å². The van der Waals surface area contributed by atoms with Crippen LogP contribution < -0.4 is 11.3 Å². The van der Waals surface area contributed by atoms with Gasteiger partial charge < -0.3 is 6.15 Å². The first kappa shape index (κ1) is 14.3. The summed E-state index contributed by atoms with van der Waals surface area (Å²) in [5, 5.41) is 19.7. The van der Waals surface area contributed by atoms with Gasteiger partial charge in [0.15, 0.2) is 0 Å². The monoisotopic (exact) mass is 415 g/mol. The molecule has 8 nitrogen and oxygen atoms in total. The second-order valence-electron chi connectivity index (χ2n) is 2.70. The first-order valence-corrected chi connectivity index (χ1v) is 6.69. The molecule has 0 aromatic carbocycles. The van der Waals surface area contributed by atoms with Gasteiger partial charge in [-0.25, -0.2) is 0 Å². The Kier molecular flexibility index (Phi) is 5.10. The van der Waals surface area contributed by atoms with Crippen molar-refractivity contribution in [2.24, 2.45) is 0 Å². The van der Waals surface area contributed by atoms with Gasteiger partial charge >= 0.3 is 91.5 Å². The zero-order chi connectivity index (χ0) is 10.8. The molecule has 0 bridgehead atoms. The van der Waals surface area contributed by atoms with Crippen molar-refractivity contribution in [1.29, 1.82) is 0 Å². The summed E-state index contributed by atoms with van der Waals surface area (Å²) in [4.78, 5) is 32.1. The Hall–Kier alpha value is -0.748. The minimum Gasteiger partial charge on any atom is -0.369 e. The summed E-state index contributed by atoms with van der Waals surface area (Å²) in [6, 6.07) is 0. The molecule has 1 aliphatic heterocycles. The van der Waals surface area contributed by atoms with Crippen molar-refractivity contribution in [3.05, 3.63) is 0 Å². The number of carbonyl (C=O) groups excluding carboxylic acids is 3. The average Bonchev–Trinajstić information content (AvgIpc) is 2.11. The number of carboxylic acids is 1. The van der Waals surface area contributed by atoms with Crippen LogP contribution in [0.15, 0.2) is 0 Å². The van der Waals surface area contributed by atoms with Gasteiger partial charge in [0.1, 0.15) is 0 Å². The molecule has 0 spiro atoms. The Morgan fingerprint density at radius 1 is 1.53 bits per heavy atom. The van der Waals surface area contributed by atoms with Gasteiger partial charge in [0.25, 0.3) is 0 Å². The average molecular weight is 414 g/mol. The summed E-state index contributed by atoms with van der Waals surface area (Å²) in [6.07, 6.45) is -1.67. The number of quaternary nitrogens is 1. The van der Waals surface area contributed by atoms with Crippen molar-refractivity contribution in [3.8, 4) is 0 Å².